The second kappa shape index (κ2) is 6.08. The van der Waals surface area contributed by atoms with Crippen LogP contribution in [-0.2, 0) is 4.79 Å². The van der Waals surface area contributed by atoms with E-state index in [4.69, 9.17) is 11.5 Å². The van der Waals surface area contributed by atoms with E-state index in [1.165, 1.54) is 32.1 Å². The molecule has 0 spiro atoms. The summed E-state index contributed by atoms with van der Waals surface area (Å²) in [6, 6.07) is -0.327. The number of hydrogen-bond acceptors (Lipinski definition) is 3. The molecule has 1 fully saturated rings. The van der Waals surface area contributed by atoms with Crippen LogP contribution in [0.3, 0.4) is 0 Å². The minimum Gasteiger partial charge on any atom is -0.350 e. The molecule has 1 rings (SSSR count). The molecular formula is C11H23N3O. The molecule has 88 valence electrons. The van der Waals surface area contributed by atoms with Gasteiger partial charge in [-0.05, 0) is 25.7 Å². The minimum atomic E-state index is -0.442. The molecule has 4 nitrogen and oxygen atoms in total. The Bertz CT molecular complexity index is 200. The first-order valence-electron chi connectivity index (χ1n) is 5.91. The van der Waals surface area contributed by atoms with Gasteiger partial charge in [0.05, 0.1) is 6.04 Å². The van der Waals surface area contributed by atoms with Crippen molar-refractivity contribution in [2.75, 3.05) is 6.54 Å². The summed E-state index contributed by atoms with van der Waals surface area (Å²) in [6.07, 6.45) is 6.20. The van der Waals surface area contributed by atoms with Crippen molar-refractivity contribution in [2.24, 2.45) is 17.4 Å². The van der Waals surface area contributed by atoms with Gasteiger partial charge in [0.25, 0.3) is 0 Å². The Balaban J connectivity index is 2.43. The molecule has 2 atom stereocenters. The first-order chi connectivity index (χ1) is 7.15. The highest BCUT2D eigenvalue weighted by Crippen LogP contribution is 2.26. The number of amides is 1. The first-order valence-corrected chi connectivity index (χ1v) is 5.91. The molecule has 1 aliphatic carbocycles. The molecule has 15 heavy (non-hydrogen) atoms. The number of nitrogens with one attached hydrogen (secondary N) is 1. The SMILES string of the molecule is C[C@H](N)C(=O)NC(CN)C1CCCCC1. The Kier molecular flexibility index (Phi) is 5.05. The maximum atomic E-state index is 11.5. The highest BCUT2D eigenvalue weighted by molar-refractivity contribution is 5.81. The number of rotatable bonds is 4. The second-order valence-electron chi connectivity index (χ2n) is 4.54. The fourth-order valence-corrected chi connectivity index (χ4v) is 2.22. The third-order valence-electron chi connectivity index (χ3n) is 3.21. The van der Waals surface area contributed by atoms with Crippen LogP contribution in [0.5, 0.6) is 0 Å². The Morgan fingerprint density at radius 3 is 2.47 bits per heavy atom. The summed E-state index contributed by atoms with van der Waals surface area (Å²) < 4.78 is 0. The largest absolute Gasteiger partial charge is 0.350 e. The van der Waals surface area contributed by atoms with Gasteiger partial charge in [0, 0.05) is 12.6 Å². The molecule has 1 aliphatic rings. The van der Waals surface area contributed by atoms with Gasteiger partial charge < -0.3 is 16.8 Å². The molecule has 5 N–H and O–H groups in total. The zero-order chi connectivity index (χ0) is 11.3. The molecule has 0 bridgehead atoms. The first kappa shape index (κ1) is 12.5. The Hall–Kier alpha value is -0.610. The monoisotopic (exact) mass is 213 g/mol. The van der Waals surface area contributed by atoms with Crippen LogP contribution in [0, 0.1) is 5.92 Å². The lowest BCUT2D eigenvalue weighted by atomic mass is 9.84. The molecule has 1 saturated carbocycles. The summed E-state index contributed by atoms with van der Waals surface area (Å²) in [4.78, 5) is 11.5. The molecule has 4 heteroatoms. The third-order valence-corrected chi connectivity index (χ3v) is 3.21. The van der Waals surface area contributed by atoms with Crippen LogP contribution in [0.1, 0.15) is 39.0 Å². The molecule has 0 aromatic carbocycles. The smallest absolute Gasteiger partial charge is 0.236 e. The van der Waals surface area contributed by atoms with E-state index in [1.54, 1.807) is 6.92 Å². The maximum absolute atomic E-state index is 11.5. The topological polar surface area (TPSA) is 81.1 Å². The Morgan fingerprint density at radius 1 is 1.40 bits per heavy atom. The van der Waals surface area contributed by atoms with Gasteiger partial charge in [-0.15, -0.1) is 0 Å². The summed E-state index contributed by atoms with van der Waals surface area (Å²) >= 11 is 0. The van der Waals surface area contributed by atoms with Crippen LogP contribution in [0.2, 0.25) is 0 Å². The number of carbonyl (C=O) groups is 1. The highest BCUT2D eigenvalue weighted by atomic mass is 16.2. The standard InChI is InChI=1S/C11H23N3O/c1-8(13)11(15)14-10(7-12)9-5-3-2-4-6-9/h8-10H,2-7,12-13H2,1H3,(H,14,15)/t8-,10?/m0/s1. The van der Waals surface area contributed by atoms with Crippen molar-refractivity contribution in [3.8, 4) is 0 Å². The Morgan fingerprint density at radius 2 is 2.00 bits per heavy atom. The molecule has 0 radical (unpaired) electrons. The zero-order valence-electron chi connectivity index (χ0n) is 9.54. The number of hydrogen-bond donors (Lipinski definition) is 3. The summed E-state index contributed by atoms with van der Waals surface area (Å²) in [5.74, 6) is 0.461. The minimum absolute atomic E-state index is 0.0870. The van der Waals surface area contributed by atoms with Gasteiger partial charge in [0.2, 0.25) is 5.91 Å². The zero-order valence-corrected chi connectivity index (χ0v) is 9.54. The highest BCUT2D eigenvalue weighted by Gasteiger charge is 2.24. The normalized spacial score (nSPS) is 22.1. The predicted octanol–water partition coefficient (Wildman–Crippen LogP) is 0.357. The average molecular weight is 213 g/mol. The van der Waals surface area contributed by atoms with E-state index in [2.05, 4.69) is 5.32 Å². The van der Waals surface area contributed by atoms with Crippen molar-refractivity contribution < 1.29 is 4.79 Å². The van der Waals surface area contributed by atoms with E-state index in [9.17, 15) is 4.79 Å². The lowest BCUT2D eigenvalue weighted by Gasteiger charge is -2.30. The lowest BCUT2D eigenvalue weighted by Crippen LogP contribution is -2.50. The lowest BCUT2D eigenvalue weighted by molar-refractivity contribution is -0.123. The van der Waals surface area contributed by atoms with Crippen molar-refractivity contribution in [3.63, 3.8) is 0 Å². The van der Waals surface area contributed by atoms with E-state index in [0.717, 1.165) is 0 Å². The molecule has 0 heterocycles. The Labute approximate surface area is 91.8 Å². The summed E-state index contributed by atoms with van der Waals surface area (Å²) in [7, 11) is 0. The maximum Gasteiger partial charge on any atom is 0.236 e. The summed E-state index contributed by atoms with van der Waals surface area (Å²) in [5, 5.41) is 2.95. The van der Waals surface area contributed by atoms with Crippen molar-refractivity contribution in [3.05, 3.63) is 0 Å². The van der Waals surface area contributed by atoms with Gasteiger partial charge >= 0.3 is 0 Å². The quantitative estimate of drug-likeness (QED) is 0.630. The van der Waals surface area contributed by atoms with Crippen LogP contribution in [0.25, 0.3) is 0 Å². The number of carbonyl (C=O) groups excluding carboxylic acids is 1. The fourth-order valence-electron chi connectivity index (χ4n) is 2.22. The van der Waals surface area contributed by atoms with Gasteiger partial charge in [0.15, 0.2) is 0 Å². The van der Waals surface area contributed by atoms with Gasteiger partial charge in [-0.2, -0.15) is 0 Å². The van der Waals surface area contributed by atoms with Crippen LogP contribution in [0.15, 0.2) is 0 Å². The summed E-state index contributed by atoms with van der Waals surface area (Å²) in [6.45, 7) is 2.22. The van der Waals surface area contributed by atoms with E-state index in [-0.39, 0.29) is 11.9 Å². The van der Waals surface area contributed by atoms with E-state index >= 15 is 0 Å². The van der Waals surface area contributed by atoms with Crippen LogP contribution < -0.4 is 16.8 Å². The van der Waals surface area contributed by atoms with Crippen LogP contribution >= 0.6 is 0 Å². The molecule has 0 aliphatic heterocycles. The van der Waals surface area contributed by atoms with Gasteiger partial charge in [0.1, 0.15) is 0 Å². The third kappa shape index (κ3) is 3.80. The molecule has 0 aromatic heterocycles. The summed E-state index contributed by atoms with van der Waals surface area (Å²) in [5.41, 5.74) is 11.2. The molecule has 1 unspecified atom stereocenters. The van der Waals surface area contributed by atoms with Crippen molar-refractivity contribution in [1.82, 2.24) is 5.32 Å². The molecule has 0 aromatic rings. The van der Waals surface area contributed by atoms with E-state index < -0.39 is 6.04 Å². The van der Waals surface area contributed by atoms with E-state index in [1.807, 2.05) is 0 Å². The van der Waals surface area contributed by atoms with Crippen molar-refractivity contribution >= 4 is 5.91 Å². The van der Waals surface area contributed by atoms with Gasteiger partial charge in [-0.1, -0.05) is 19.3 Å². The molecule has 1 amide bonds. The van der Waals surface area contributed by atoms with Gasteiger partial charge in [-0.3, -0.25) is 4.79 Å². The van der Waals surface area contributed by atoms with Gasteiger partial charge in [-0.25, -0.2) is 0 Å². The average Bonchev–Trinajstić information content (AvgIpc) is 2.26. The predicted molar refractivity (Wildman–Crippen MR) is 61.2 cm³/mol. The van der Waals surface area contributed by atoms with E-state index in [0.29, 0.717) is 12.5 Å². The second-order valence-corrected chi connectivity index (χ2v) is 4.54. The fraction of sp³-hybridized carbons (Fsp3) is 0.909. The molecule has 0 saturated heterocycles. The van der Waals surface area contributed by atoms with Crippen molar-refractivity contribution in [1.29, 1.82) is 0 Å². The van der Waals surface area contributed by atoms with Crippen LogP contribution in [-0.4, -0.2) is 24.5 Å². The van der Waals surface area contributed by atoms with Crippen molar-refractivity contribution in [2.45, 2.75) is 51.1 Å². The molecular weight excluding hydrogens is 190 g/mol. The number of nitrogens with two attached hydrogens (primary N) is 2. The van der Waals surface area contributed by atoms with Crippen LogP contribution in [0.4, 0.5) is 0 Å².